The minimum absolute atomic E-state index is 0.0332. The fourth-order valence-electron chi connectivity index (χ4n) is 1.98. The number of halogens is 4. The molecule has 0 saturated carbocycles. The molecule has 0 saturated heterocycles. The highest BCUT2D eigenvalue weighted by molar-refractivity contribution is 7.15. The molecule has 0 fully saturated rings. The summed E-state index contributed by atoms with van der Waals surface area (Å²) in [6.45, 7) is 0.168. The zero-order valence-corrected chi connectivity index (χ0v) is 12.1. The highest BCUT2D eigenvalue weighted by Crippen LogP contribution is 2.38. The van der Waals surface area contributed by atoms with Gasteiger partial charge in [-0.2, -0.15) is 13.2 Å². The first-order chi connectivity index (χ1) is 9.95. The highest BCUT2D eigenvalue weighted by Gasteiger charge is 2.34. The number of anilines is 1. The number of hydrogen-bond acceptors (Lipinski definition) is 3. The van der Waals surface area contributed by atoms with E-state index in [1.54, 1.807) is 6.20 Å². The number of nitrogens with one attached hydrogen (secondary N) is 1. The summed E-state index contributed by atoms with van der Waals surface area (Å²) in [6.07, 6.45) is -0.849. The lowest BCUT2D eigenvalue weighted by Gasteiger charge is -2.15. The molecule has 0 radical (unpaired) electrons. The Bertz CT molecular complexity index is 750. The van der Waals surface area contributed by atoms with Crippen LogP contribution in [0, 0.1) is 0 Å². The SMILES string of the molecule is FC(F)(F)c1cccc(Cl)c1NCc1cn2ccsc2n1. The molecule has 3 nitrogen and oxygen atoms in total. The van der Waals surface area contributed by atoms with Gasteiger partial charge in [0, 0.05) is 17.8 Å². The second-order valence-electron chi connectivity index (χ2n) is 4.34. The van der Waals surface area contributed by atoms with Crippen molar-refractivity contribution in [2.75, 3.05) is 5.32 Å². The van der Waals surface area contributed by atoms with Crippen molar-refractivity contribution in [1.82, 2.24) is 9.38 Å². The van der Waals surface area contributed by atoms with Gasteiger partial charge in [-0.05, 0) is 12.1 Å². The molecule has 3 rings (SSSR count). The van der Waals surface area contributed by atoms with Crippen LogP contribution in [0.4, 0.5) is 18.9 Å². The first kappa shape index (κ1) is 14.2. The molecule has 2 heterocycles. The van der Waals surface area contributed by atoms with E-state index in [1.165, 1.54) is 23.5 Å². The Kier molecular flexibility index (Phi) is 3.54. The Morgan fingerprint density at radius 1 is 1.33 bits per heavy atom. The second kappa shape index (κ2) is 5.23. The third-order valence-electron chi connectivity index (χ3n) is 2.91. The maximum absolute atomic E-state index is 13.0. The molecular weight excluding hydrogens is 323 g/mol. The van der Waals surface area contributed by atoms with E-state index < -0.39 is 11.7 Å². The molecule has 3 aromatic rings. The smallest absolute Gasteiger partial charge is 0.378 e. The number of alkyl halides is 3. The Balaban J connectivity index is 1.86. The summed E-state index contributed by atoms with van der Waals surface area (Å²) in [5.41, 5.74) is -0.256. The summed E-state index contributed by atoms with van der Waals surface area (Å²) in [5.74, 6) is 0. The first-order valence-electron chi connectivity index (χ1n) is 5.96. The molecule has 0 spiro atoms. The number of hydrogen-bond donors (Lipinski definition) is 1. The number of aromatic nitrogens is 2. The monoisotopic (exact) mass is 331 g/mol. The van der Waals surface area contributed by atoms with E-state index in [4.69, 9.17) is 11.6 Å². The summed E-state index contributed by atoms with van der Waals surface area (Å²) in [4.78, 5) is 5.10. The zero-order chi connectivity index (χ0) is 15.0. The van der Waals surface area contributed by atoms with Crippen LogP contribution in [-0.2, 0) is 12.7 Å². The van der Waals surface area contributed by atoms with E-state index >= 15 is 0 Å². The summed E-state index contributed by atoms with van der Waals surface area (Å²) < 4.78 is 40.7. The average molecular weight is 332 g/mol. The molecule has 0 aliphatic heterocycles. The minimum Gasteiger partial charge on any atom is -0.378 e. The number of imidazole rings is 1. The van der Waals surface area contributed by atoms with Gasteiger partial charge < -0.3 is 5.32 Å². The van der Waals surface area contributed by atoms with Crippen molar-refractivity contribution in [3.63, 3.8) is 0 Å². The van der Waals surface area contributed by atoms with Crippen molar-refractivity contribution < 1.29 is 13.2 Å². The van der Waals surface area contributed by atoms with Crippen LogP contribution < -0.4 is 5.32 Å². The quantitative estimate of drug-likeness (QED) is 0.755. The molecule has 110 valence electrons. The number of thiazole rings is 1. The maximum atomic E-state index is 13.0. The van der Waals surface area contributed by atoms with Gasteiger partial charge in [-0.3, -0.25) is 4.40 Å². The van der Waals surface area contributed by atoms with Crippen LogP contribution in [0.25, 0.3) is 4.96 Å². The topological polar surface area (TPSA) is 29.3 Å². The van der Waals surface area contributed by atoms with E-state index in [-0.39, 0.29) is 17.3 Å². The van der Waals surface area contributed by atoms with Crippen molar-refractivity contribution in [3.8, 4) is 0 Å². The molecule has 8 heteroatoms. The van der Waals surface area contributed by atoms with Gasteiger partial charge in [0.2, 0.25) is 0 Å². The fraction of sp³-hybridized carbons (Fsp3) is 0.154. The normalized spacial score (nSPS) is 12.0. The van der Waals surface area contributed by atoms with Crippen LogP contribution in [0.1, 0.15) is 11.3 Å². The predicted molar refractivity (Wildman–Crippen MR) is 76.8 cm³/mol. The van der Waals surface area contributed by atoms with Crippen LogP contribution in [-0.4, -0.2) is 9.38 Å². The van der Waals surface area contributed by atoms with Gasteiger partial charge in [-0.1, -0.05) is 17.7 Å². The van der Waals surface area contributed by atoms with Crippen LogP contribution in [0.5, 0.6) is 0 Å². The van der Waals surface area contributed by atoms with E-state index in [0.29, 0.717) is 5.69 Å². The number of nitrogens with zero attached hydrogens (tertiary/aromatic N) is 2. The van der Waals surface area contributed by atoms with Gasteiger partial charge in [0.15, 0.2) is 4.96 Å². The number of rotatable bonds is 3. The molecule has 2 aromatic heterocycles. The zero-order valence-electron chi connectivity index (χ0n) is 10.5. The van der Waals surface area contributed by atoms with E-state index in [0.717, 1.165) is 11.0 Å². The van der Waals surface area contributed by atoms with Crippen molar-refractivity contribution >= 4 is 33.6 Å². The third-order valence-corrected chi connectivity index (χ3v) is 3.99. The van der Waals surface area contributed by atoms with Gasteiger partial charge in [-0.25, -0.2) is 4.98 Å². The molecule has 1 N–H and O–H groups in total. The lowest BCUT2D eigenvalue weighted by molar-refractivity contribution is -0.136. The average Bonchev–Trinajstić information content (AvgIpc) is 2.96. The van der Waals surface area contributed by atoms with Crippen LogP contribution in [0.15, 0.2) is 36.0 Å². The maximum Gasteiger partial charge on any atom is 0.418 e. The lowest BCUT2D eigenvalue weighted by atomic mass is 10.1. The van der Waals surface area contributed by atoms with Gasteiger partial charge in [-0.15, -0.1) is 11.3 Å². The highest BCUT2D eigenvalue weighted by atomic mass is 35.5. The standard InChI is InChI=1S/C13H9ClF3N3S/c14-10-3-1-2-9(13(15,16)17)11(10)18-6-8-7-20-4-5-21-12(20)19-8/h1-5,7,18H,6H2. The van der Waals surface area contributed by atoms with Crippen LogP contribution in [0.3, 0.4) is 0 Å². The second-order valence-corrected chi connectivity index (χ2v) is 5.62. The molecule has 0 aliphatic rings. The molecule has 0 amide bonds. The van der Waals surface area contributed by atoms with E-state index in [2.05, 4.69) is 10.3 Å². The Hall–Kier alpha value is -1.73. The molecule has 0 atom stereocenters. The summed E-state index contributed by atoms with van der Waals surface area (Å²) in [5, 5.41) is 4.65. The molecule has 0 unspecified atom stereocenters. The minimum atomic E-state index is -4.46. The lowest BCUT2D eigenvalue weighted by Crippen LogP contribution is -2.11. The molecule has 21 heavy (non-hydrogen) atoms. The fourth-order valence-corrected chi connectivity index (χ4v) is 2.94. The Morgan fingerprint density at radius 2 is 2.14 bits per heavy atom. The summed E-state index contributed by atoms with van der Waals surface area (Å²) in [7, 11) is 0. The van der Waals surface area contributed by atoms with Crippen LogP contribution >= 0.6 is 22.9 Å². The Labute approximate surface area is 127 Å². The van der Waals surface area contributed by atoms with E-state index in [9.17, 15) is 13.2 Å². The van der Waals surface area contributed by atoms with Crippen molar-refractivity contribution in [2.45, 2.75) is 12.7 Å². The van der Waals surface area contributed by atoms with Crippen LogP contribution in [0.2, 0.25) is 5.02 Å². The number of benzene rings is 1. The number of para-hydroxylation sites is 1. The number of fused-ring (bicyclic) bond motifs is 1. The summed E-state index contributed by atoms with van der Waals surface area (Å²) >= 11 is 7.33. The molecule has 0 bridgehead atoms. The van der Waals surface area contributed by atoms with Crippen molar-refractivity contribution in [2.24, 2.45) is 0 Å². The van der Waals surface area contributed by atoms with Gasteiger partial charge in [0.1, 0.15) is 0 Å². The summed E-state index contributed by atoms with van der Waals surface area (Å²) in [6, 6.07) is 3.70. The van der Waals surface area contributed by atoms with E-state index in [1.807, 2.05) is 16.0 Å². The molecule has 0 aliphatic carbocycles. The van der Waals surface area contributed by atoms with Gasteiger partial charge >= 0.3 is 6.18 Å². The largest absolute Gasteiger partial charge is 0.418 e. The van der Waals surface area contributed by atoms with Crippen molar-refractivity contribution in [1.29, 1.82) is 0 Å². The van der Waals surface area contributed by atoms with Gasteiger partial charge in [0.25, 0.3) is 0 Å². The molecule has 1 aromatic carbocycles. The third kappa shape index (κ3) is 2.84. The predicted octanol–water partition coefficient (Wildman–Crippen LogP) is 4.68. The first-order valence-corrected chi connectivity index (χ1v) is 7.21. The van der Waals surface area contributed by atoms with Crippen molar-refractivity contribution in [3.05, 3.63) is 52.3 Å². The van der Waals surface area contributed by atoms with Gasteiger partial charge in [0.05, 0.1) is 28.5 Å². The molecular formula is C13H9ClF3N3S. The Morgan fingerprint density at radius 3 is 2.86 bits per heavy atom.